The molecule has 4 aromatic rings. The van der Waals surface area contributed by atoms with E-state index in [4.69, 9.17) is 32.9 Å². The van der Waals surface area contributed by atoms with Crippen molar-refractivity contribution in [3.8, 4) is 5.75 Å². The van der Waals surface area contributed by atoms with E-state index in [2.05, 4.69) is 10.3 Å². The van der Waals surface area contributed by atoms with Crippen molar-refractivity contribution in [2.75, 3.05) is 19.6 Å². The largest absolute Gasteiger partial charge is 0.487 e. The molecule has 11 nitrogen and oxygen atoms in total. The molecule has 0 saturated carbocycles. The number of amidine groups is 1. The number of halogens is 2. The Labute approximate surface area is 286 Å². The number of aromatic amines is 1. The van der Waals surface area contributed by atoms with Gasteiger partial charge in [-0.05, 0) is 62.7 Å². The molecule has 2 atom stereocenters. The van der Waals surface area contributed by atoms with Gasteiger partial charge in [-0.1, -0.05) is 47.5 Å². The molecule has 1 saturated heterocycles. The number of carbonyl (C=O) groups is 4. The van der Waals surface area contributed by atoms with Crippen LogP contribution in [0.2, 0.25) is 10.0 Å². The van der Waals surface area contributed by atoms with E-state index in [1.54, 1.807) is 35.2 Å². The number of Topliss-reactive ketones (excluding diaryl/α,β-unsaturated/α-hetero) is 1. The normalized spacial score (nSPS) is 18.1. The number of ketones is 1. The average molecular weight is 691 g/mol. The van der Waals surface area contributed by atoms with Crippen LogP contribution >= 0.6 is 23.2 Å². The molecule has 2 aliphatic rings. The third kappa shape index (κ3) is 6.74. The van der Waals surface area contributed by atoms with E-state index in [1.807, 2.05) is 45.2 Å². The summed E-state index contributed by atoms with van der Waals surface area (Å²) in [6.45, 7) is 5.95. The van der Waals surface area contributed by atoms with Crippen LogP contribution in [0.5, 0.6) is 5.75 Å². The molecule has 6 rings (SSSR count). The molecule has 248 valence electrons. The van der Waals surface area contributed by atoms with E-state index in [9.17, 15) is 24.3 Å². The third-order valence-electron chi connectivity index (χ3n) is 8.06. The van der Waals surface area contributed by atoms with Gasteiger partial charge in [0.2, 0.25) is 5.91 Å². The number of rotatable bonds is 7. The molecule has 3 heterocycles. The minimum atomic E-state index is -1.25. The summed E-state index contributed by atoms with van der Waals surface area (Å²) in [7, 11) is 0. The lowest BCUT2D eigenvalue weighted by molar-refractivity contribution is -0.136. The summed E-state index contributed by atoms with van der Waals surface area (Å²) in [4.78, 5) is 63.0. The second-order valence-electron chi connectivity index (χ2n) is 12.7. The van der Waals surface area contributed by atoms with Gasteiger partial charge in [-0.2, -0.15) is 0 Å². The van der Waals surface area contributed by atoms with Crippen LogP contribution < -0.4 is 10.1 Å². The van der Waals surface area contributed by atoms with Crippen LogP contribution in [0.1, 0.15) is 66.3 Å². The van der Waals surface area contributed by atoms with Gasteiger partial charge in [0.15, 0.2) is 5.78 Å². The molecule has 3 aromatic carbocycles. The number of ether oxygens (including phenoxy) is 1. The van der Waals surface area contributed by atoms with Crippen LogP contribution in [-0.2, 0) is 9.59 Å². The van der Waals surface area contributed by atoms with Crippen LogP contribution in [0.25, 0.3) is 10.9 Å². The van der Waals surface area contributed by atoms with Gasteiger partial charge in [0.1, 0.15) is 36.2 Å². The highest BCUT2D eigenvalue weighted by Crippen LogP contribution is 2.47. The summed E-state index contributed by atoms with van der Waals surface area (Å²) in [5.74, 6) is -1.62. The first-order chi connectivity index (χ1) is 22.8. The van der Waals surface area contributed by atoms with Crippen molar-refractivity contribution in [3.63, 3.8) is 0 Å². The lowest BCUT2D eigenvalue weighted by Crippen LogP contribution is -2.55. The van der Waals surface area contributed by atoms with Gasteiger partial charge in [0.05, 0.1) is 11.6 Å². The van der Waals surface area contributed by atoms with E-state index in [0.29, 0.717) is 22.2 Å². The Hall–Kier alpha value is -4.87. The minimum absolute atomic E-state index is 0.140. The minimum Gasteiger partial charge on any atom is -0.487 e. The number of benzene rings is 3. The molecule has 48 heavy (non-hydrogen) atoms. The van der Waals surface area contributed by atoms with Gasteiger partial charge in [-0.15, -0.1) is 0 Å². The summed E-state index contributed by atoms with van der Waals surface area (Å²) in [5, 5.41) is 13.9. The molecule has 13 heteroatoms. The van der Waals surface area contributed by atoms with Gasteiger partial charge in [-0.25, -0.2) is 4.79 Å². The monoisotopic (exact) mass is 689 g/mol. The molecule has 3 N–H and O–H groups in total. The van der Waals surface area contributed by atoms with E-state index in [-0.39, 0.29) is 36.1 Å². The number of carboxylic acids is 1. The number of carboxylic acid groups (broad SMARTS) is 1. The van der Waals surface area contributed by atoms with Crippen LogP contribution in [0.15, 0.2) is 71.9 Å². The average Bonchev–Trinajstić information content (AvgIpc) is 3.61. The van der Waals surface area contributed by atoms with E-state index in [0.717, 1.165) is 22.0 Å². The van der Waals surface area contributed by atoms with Crippen LogP contribution in [-0.4, -0.2) is 74.7 Å². The molecule has 2 aliphatic heterocycles. The number of piperazine rings is 1. The Morgan fingerprint density at radius 2 is 1.75 bits per heavy atom. The maximum atomic E-state index is 14.7. The van der Waals surface area contributed by atoms with Crippen LogP contribution in [0, 0.1) is 0 Å². The lowest BCUT2D eigenvalue weighted by atomic mass is 9.93. The van der Waals surface area contributed by atoms with Crippen molar-refractivity contribution < 1.29 is 29.0 Å². The van der Waals surface area contributed by atoms with E-state index < -0.39 is 41.9 Å². The molecular formula is C35H33Cl2N5O6. The zero-order valence-corrected chi connectivity index (χ0v) is 27.9. The number of hydrogen-bond acceptors (Lipinski definition) is 6. The molecule has 1 aromatic heterocycles. The molecular weight excluding hydrogens is 657 g/mol. The number of aromatic nitrogens is 1. The first-order valence-corrected chi connectivity index (χ1v) is 16.1. The summed E-state index contributed by atoms with van der Waals surface area (Å²) < 4.78 is 6.36. The van der Waals surface area contributed by atoms with Gasteiger partial charge in [0.25, 0.3) is 0 Å². The molecule has 0 spiro atoms. The van der Waals surface area contributed by atoms with Crippen molar-refractivity contribution in [1.82, 2.24) is 20.1 Å². The summed E-state index contributed by atoms with van der Waals surface area (Å²) >= 11 is 12.6. The van der Waals surface area contributed by atoms with E-state index in [1.165, 1.54) is 17.0 Å². The lowest BCUT2D eigenvalue weighted by Gasteiger charge is -2.36. The van der Waals surface area contributed by atoms with Crippen LogP contribution in [0.3, 0.4) is 0 Å². The first-order valence-electron chi connectivity index (χ1n) is 15.3. The Morgan fingerprint density at radius 1 is 1.02 bits per heavy atom. The van der Waals surface area contributed by atoms with Gasteiger partial charge < -0.3 is 25.0 Å². The van der Waals surface area contributed by atoms with Crippen molar-refractivity contribution >= 4 is 63.6 Å². The number of aliphatic carboxylic acids is 1. The van der Waals surface area contributed by atoms with E-state index >= 15 is 0 Å². The van der Waals surface area contributed by atoms with Crippen molar-refractivity contribution in [1.29, 1.82) is 0 Å². The summed E-state index contributed by atoms with van der Waals surface area (Å²) in [6.07, 6.45) is 1.14. The highest BCUT2D eigenvalue weighted by Gasteiger charge is 2.46. The van der Waals surface area contributed by atoms with Crippen molar-refractivity contribution in [3.05, 3.63) is 99.2 Å². The predicted octanol–water partition coefficient (Wildman–Crippen LogP) is 6.41. The Bertz CT molecular complexity index is 1970. The molecule has 1 fully saturated rings. The zero-order chi connectivity index (χ0) is 34.3. The molecule has 0 bridgehead atoms. The van der Waals surface area contributed by atoms with Gasteiger partial charge >= 0.3 is 12.0 Å². The Kier molecular flexibility index (Phi) is 8.93. The summed E-state index contributed by atoms with van der Waals surface area (Å²) in [5.41, 5.74) is 2.13. The zero-order valence-electron chi connectivity index (χ0n) is 26.4. The fourth-order valence-electron chi connectivity index (χ4n) is 6.03. The number of hydrogen-bond donors (Lipinski definition) is 3. The number of H-pyrrole nitrogens is 1. The second kappa shape index (κ2) is 13.0. The summed E-state index contributed by atoms with van der Waals surface area (Å²) in [6, 6.07) is 15.5. The SMILES string of the molecule is CC(C)(C)Oc1cc(C(=O)CC(=O)O)ccc1C1=N[C@@H](c2ccc(Cl)cc2)[C@@H](c2c[nH]c3cc(Cl)ccc23)N1C(=O)N1CCNC(=O)C1. The Balaban J connectivity index is 1.58. The third-order valence-corrected chi connectivity index (χ3v) is 8.55. The van der Waals surface area contributed by atoms with Gasteiger partial charge in [-0.3, -0.25) is 24.3 Å². The number of nitrogens with one attached hydrogen (secondary N) is 2. The molecule has 3 amide bonds. The van der Waals surface area contributed by atoms with Gasteiger partial charge in [0, 0.05) is 51.4 Å². The fourth-order valence-corrected chi connectivity index (χ4v) is 6.32. The van der Waals surface area contributed by atoms with Crippen LogP contribution in [0.4, 0.5) is 4.79 Å². The highest BCUT2D eigenvalue weighted by molar-refractivity contribution is 6.31. The standard InChI is InChI=1S/C35H33Cl2N5O6/c1-35(2,3)48-28-14-20(27(43)16-30(45)46)6-10-24(28)33-40-31(19-4-7-21(36)8-5-19)32(25-17-39-26-15-22(37)9-11-23(25)26)42(33)34(47)41-13-12-38-29(44)18-41/h4-11,14-15,17,31-32,39H,12-13,16,18H2,1-3H3,(H,38,44)(H,45,46)/t31-,32+/m0/s1. The predicted molar refractivity (Wildman–Crippen MR) is 182 cm³/mol. The first kappa shape index (κ1) is 33.0. The number of urea groups is 1. The number of fused-ring (bicyclic) bond motifs is 1. The van der Waals surface area contributed by atoms with Crippen molar-refractivity contribution in [2.24, 2.45) is 4.99 Å². The highest BCUT2D eigenvalue weighted by atomic mass is 35.5. The smallest absolute Gasteiger partial charge is 0.326 e. The maximum Gasteiger partial charge on any atom is 0.326 e. The maximum absolute atomic E-state index is 14.7. The fraction of sp³-hybridized carbons (Fsp3) is 0.286. The number of aliphatic imine (C=N–C) groups is 1. The Morgan fingerprint density at radius 3 is 2.44 bits per heavy atom. The molecule has 0 aliphatic carbocycles. The quantitative estimate of drug-likeness (QED) is 0.151. The molecule has 0 radical (unpaired) electrons. The molecule has 0 unspecified atom stereocenters. The second-order valence-corrected chi connectivity index (χ2v) is 13.5. The number of nitrogens with zero attached hydrogens (tertiary/aromatic N) is 3. The van der Waals surface area contributed by atoms with Crippen molar-refractivity contribution in [2.45, 2.75) is 44.9 Å². The number of carbonyl (C=O) groups excluding carboxylic acids is 3. The topological polar surface area (TPSA) is 144 Å². The number of amides is 3.